The summed E-state index contributed by atoms with van der Waals surface area (Å²) in [6, 6.07) is 10.7. The molecule has 0 atom stereocenters. The molecule has 0 heterocycles. The van der Waals surface area contributed by atoms with Crippen molar-refractivity contribution in [3.05, 3.63) is 54.3 Å². The molecule has 0 aromatic heterocycles. The van der Waals surface area contributed by atoms with Crippen LogP contribution in [0, 0.1) is 5.82 Å². The van der Waals surface area contributed by atoms with E-state index in [0.29, 0.717) is 11.4 Å². The maximum absolute atomic E-state index is 13.0. The molecule has 0 fully saturated rings. The van der Waals surface area contributed by atoms with Crippen molar-refractivity contribution >= 4 is 28.7 Å². The van der Waals surface area contributed by atoms with Crippen LogP contribution < -0.4 is 15.4 Å². The van der Waals surface area contributed by atoms with Gasteiger partial charge in [-0.25, -0.2) is 4.39 Å². The van der Waals surface area contributed by atoms with Crippen LogP contribution in [0.15, 0.2) is 48.5 Å². The van der Waals surface area contributed by atoms with Crippen molar-refractivity contribution in [2.75, 3.05) is 10.6 Å². The molecule has 116 valence electrons. The molecule has 0 aliphatic heterocycles. The standard InChI is InChI=1S/C14H10F4N2OS/c15-9-2-1-3-11(8-9)20-13(22)19-10-4-6-12(7-5-10)21-14(16,17)18/h1-8H,(H2,19,20,22). The fourth-order valence-electron chi connectivity index (χ4n) is 1.60. The van der Waals surface area contributed by atoms with Gasteiger partial charge in [0.1, 0.15) is 11.6 Å². The minimum atomic E-state index is -4.73. The van der Waals surface area contributed by atoms with Crippen molar-refractivity contribution in [2.45, 2.75) is 6.36 Å². The van der Waals surface area contributed by atoms with E-state index in [4.69, 9.17) is 12.2 Å². The van der Waals surface area contributed by atoms with Crippen molar-refractivity contribution < 1.29 is 22.3 Å². The predicted octanol–water partition coefficient (Wildman–Crippen LogP) is 4.53. The molecule has 0 bridgehead atoms. The van der Waals surface area contributed by atoms with E-state index in [1.165, 1.54) is 30.3 Å². The molecule has 0 amide bonds. The fourth-order valence-corrected chi connectivity index (χ4v) is 1.84. The largest absolute Gasteiger partial charge is 0.573 e. The number of benzene rings is 2. The second-order valence-corrected chi connectivity index (χ2v) is 4.57. The highest BCUT2D eigenvalue weighted by atomic mass is 32.1. The third kappa shape index (κ3) is 5.21. The van der Waals surface area contributed by atoms with Gasteiger partial charge in [0.05, 0.1) is 0 Å². The number of hydrogen-bond donors (Lipinski definition) is 2. The third-order valence-electron chi connectivity index (χ3n) is 2.43. The molecule has 0 aliphatic rings. The van der Waals surface area contributed by atoms with Crippen molar-refractivity contribution in [3.8, 4) is 5.75 Å². The summed E-state index contributed by atoms with van der Waals surface area (Å²) in [5.41, 5.74) is 0.915. The summed E-state index contributed by atoms with van der Waals surface area (Å²) in [4.78, 5) is 0. The van der Waals surface area contributed by atoms with Crippen LogP contribution in [-0.2, 0) is 0 Å². The Labute approximate surface area is 128 Å². The van der Waals surface area contributed by atoms with Gasteiger partial charge in [-0.1, -0.05) is 6.07 Å². The molecule has 0 radical (unpaired) electrons. The van der Waals surface area contributed by atoms with Gasteiger partial charge >= 0.3 is 6.36 Å². The number of anilines is 2. The Bertz CT molecular complexity index is 659. The lowest BCUT2D eigenvalue weighted by Gasteiger charge is -2.12. The molecule has 2 rings (SSSR count). The fraction of sp³-hybridized carbons (Fsp3) is 0.0714. The average Bonchev–Trinajstić information content (AvgIpc) is 2.39. The lowest BCUT2D eigenvalue weighted by molar-refractivity contribution is -0.274. The summed E-state index contributed by atoms with van der Waals surface area (Å²) < 4.78 is 52.9. The van der Waals surface area contributed by atoms with E-state index in [9.17, 15) is 17.6 Å². The first-order chi connectivity index (χ1) is 10.3. The number of thiocarbonyl (C=S) groups is 1. The van der Waals surface area contributed by atoms with Crippen LogP contribution >= 0.6 is 12.2 Å². The van der Waals surface area contributed by atoms with Crippen LogP contribution in [0.3, 0.4) is 0 Å². The zero-order valence-electron chi connectivity index (χ0n) is 10.9. The van der Waals surface area contributed by atoms with Gasteiger partial charge in [0, 0.05) is 11.4 Å². The second kappa shape index (κ2) is 6.61. The molecular weight excluding hydrogens is 320 g/mol. The lowest BCUT2D eigenvalue weighted by atomic mass is 10.3. The normalized spacial score (nSPS) is 10.9. The van der Waals surface area contributed by atoms with Crippen LogP contribution in [0.25, 0.3) is 0 Å². The van der Waals surface area contributed by atoms with Crippen LogP contribution in [0.2, 0.25) is 0 Å². The van der Waals surface area contributed by atoms with E-state index >= 15 is 0 Å². The first-order valence-electron chi connectivity index (χ1n) is 6.01. The quantitative estimate of drug-likeness (QED) is 0.640. The van der Waals surface area contributed by atoms with Gasteiger partial charge in [-0.3, -0.25) is 0 Å². The Kier molecular flexibility index (Phi) is 4.81. The molecule has 0 saturated carbocycles. The maximum atomic E-state index is 13.0. The molecule has 0 saturated heterocycles. The number of ether oxygens (including phenoxy) is 1. The number of halogens is 4. The van der Waals surface area contributed by atoms with Gasteiger partial charge in [-0.2, -0.15) is 0 Å². The highest BCUT2D eigenvalue weighted by molar-refractivity contribution is 7.80. The van der Waals surface area contributed by atoms with Crippen molar-refractivity contribution in [2.24, 2.45) is 0 Å². The zero-order valence-corrected chi connectivity index (χ0v) is 11.8. The molecular formula is C14H10F4N2OS. The molecule has 2 aromatic carbocycles. The topological polar surface area (TPSA) is 33.3 Å². The lowest BCUT2D eigenvalue weighted by Crippen LogP contribution is -2.19. The Hall–Kier alpha value is -2.35. The van der Waals surface area contributed by atoms with Crippen LogP contribution in [0.1, 0.15) is 0 Å². The molecule has 0 aliphatic carbocycles. The van der Waals surface area contributed by atoms with Gasteiger partial charge in [-0.15, -0.1) is 13.2 Å². The van der Waals surface area contributed by atoms with Gasteiger partial charge in [-0.05, 0) is 54.7 Å². The number of alkyl halides is 3. The molecule has 2 N–H and O–H groups in total. The van der Waals surface area contributed by atoms with Crippen molar-refractivity contribution in [1.29, 1.82) is 0 Å². The Morgan fingerprint density at radius 2 is 1.59 bits per heavy atom. The third-order valence-corrected chi connectivity index (χ3v) is 2.63. The number of rotatable bonds is 3. The summed E-state index contributed by atoms with van der Waals surface area (Å²) in [6.45, 7) is 0. The smallest absolute Gasteiger partial charge is 0.406 e. The maximum Gasteiger partial charge on any atom is 0.573 e. The van der Waals surface area contributed by atoms with E-state index in [1.54, 1.807) is 6.07 Å². The molecule has 3 nitrogen and oxygen atoms in total. The monoisotopic (exact) mass is 330 g/mol. The van der Waals surface area contributed by atoms with Gasteiger partial charge in [0.25, 0.3) is 0 Å². The van der Waals surface area contributed by atoms with Gasteiger partial charge in [0.15, 0.2) is 5.11 Å². The first kappa shape index (κ1) is 16.0. The van der Waals surface area contributed by atoms with Crippen LogP contribution in [-0.4, -0.2) is 11.5 Å². The minimum Gasteiger partial charge on any atom is -0.406 e. The minimum absolute atomic E-state index is 0.176. The predicted molar refractivity (Wildman–Crippen MR) is 79.4 cm³/mol. The van der Waals surface area contributed by atoms with Crippen LogP contribution in [0.5, 0.6) is 5.75 Å². The Morgan fingerprint density at radius 1 is 0.955 bits per heavy atom. The highest BCUT2D eigenvalue weighted by Gasteiger charge is 2.30. The summed E-state index contributed by atoms with van der Waals surface area (Å²) in [5, 5.41) is 5.69. The Balaban J connectivity index is 1.94. The second-order valence-electron chi connectivity index (χ2n) is 4.16. The van der Waals surface area contributed by atoms with Crippen molar-refractivity contribution in [3.63, 3.8) is 0 Å². The molecule has 0 spiro atoms. The Morgan fingerprint density at radius 3 is 2.18 bits per heavy atom. The van der Waals surface area contributed by atoms with Crippen molar-refractivity contribution in [1.82, 2.24) is 0 Å². The van der Waals surface area contributed by atoms with E-state index in [-0.39, 0.29) is 10.9 Å². The zero-order chi connectivity index (χ0) is 16.2. The summed E-state index contributed by atoms with van der Waals surface area (Å²) in [7, 11) is 0. The van der Waals surface area contributed by atoms with E-state index in [1.807, 2.05) is 0 Å². The first-order valence-corrected chi connectivity index (χ1v) is 6.42. The van der Waals surface area contributed by atoms with Crippen LogP contribution in [0.4, 0.5) is 28.9 Å². The highest BCUT2D eigenvalue weighted by Crippen LogP contribution is 2.24. The van der Waals surface area contributed by atoms with E-state index in [0.717, 1.165) is 12.1 Å². The van der Waals surface area contributed by atoms with Gasteiger partial charge < -0.3 is 15.4 Å². The number of hydrogen-bond acceptors (Lipinski definition) is 2. The summed E-state index contributed by atoms with van der Waals surface area (Å²) in [6.07, 6.45) is -4.73. The number of nitrogens with one attached hydrogen (secondary N) is 2. The SMILES string of the molecule is Fc1cccc(NC(=S)Nc2ccc(OC(F)(F)F)cc2)c1. The van der Waals surface area contributed by atoms with E-state index < -0.39 is 12.2 Å². The molecule has 2 aromatic rings. The average molecular weight is 330 g/mol. The van der Waals surface area contributed by atoms with Gasteiger partial charge in [0.2, 0.25) is 0 Å². The summed E-state index contributed by atoms with van der Waals surface area (Å²) >= 11 is 5.03. The summed E-state index contributed by atoms with van der Waals surface area (Å²) in [5.74, 6) is -0.747. The molecule has 0 unspecified atom stereocenters. The molecule has 8 heteroatoms. The van der Waals surface area contributed by atoms with E-state index in [2.05, 4.69) is 15.4 Å². The molecule has 22 heavy (non-hydrogen) atoms.